The Hall–Kier alpha value is -1.41. The van der Waals surface area contributed by atoms with E-state index in [4.69, 9.17) is 119 Å². The van der Waals surface area contributed by atoms with Crippen molar-refractivity contribution in [1.82, 2.24) is 0 Å². The van der Waals surface area contributed by atoms with Crippen molar-refractivity contribution in [3.05, 3.63) is 0 Å². The molecule has 24 heteroatoms. The summed E-state index contributed by atoms with van der Waals surface area (Å²) in [5.41, 5.74) is 0. The molecule has 8 aliphatic rings. The van der Waals surface area contributed by atoms with E-state index in [1.54, 1.807) is 0 Å². The first-order chi connectivity index (χ1) is 26.4. The maximum atomic E-state index is 9.16. The third-order valence-electron chi connectivity index (χ3n) is 9.52. The van der Waals surface area contributed by atoms with Crippen LogP contribution in [0.4, 0.5) is 0 Å². The number of hydrogen-bond acceptors (Lipinski definition) is 23. The lowest BCUT2D eigenvalue weighted by molar-refractivity contribution is -0.134. The van der Waals surface area contributed by atoms with Crippen LogP contribution < -0.4 is 0 Å². The van der Waals surface area contributed by atoms with Crippen LogP contribution in [0.3, 0.4) is 0 Å². The van der Waals surface area contributed by atoms with Gasteiger partial charge in [-0.3, -0.25) is 4.79 Å². The Labute approximate surface area is 320 Å². The first kappa shape index (κ1) is 49.0. The third-order valence-corrected chi connectivity index (χ3v) is 9.52. The zero-order valence-corrected chi connectivity index (χ0v) is 30.5. The lowest BCUT2D eigenvalue weighted by atomic mass is 10.0. The molecule has 0 aromatic carbocycles. The van der Waals surface area contributed by atoms with Crippen molar-refractivity contribution in [2.45, 2.75) is 129 Å². The highest BCUT2D eigenvalue weighted by atomic mass is 16.6. The molecule has 0 spiro atoms. The van der Waals surface area contributed by atoms with E-state index in [9.17, 15) is 0 Å². The number of ether oxygens (including phenoxy) is 8. The van der Waals surface area contributed by atoms with Gasteiger partial charge in [0.1, 0.15) is 122 Å². The van der Waals surface area contributed by atoms with Gasteiger partial charge in [0.2, 0.25) is 0 Å². The van der Waals surface area contributed by atoms with Crippen LogP contribution >= 0.6 is 0 Å². The second-order valence-electron chi connectivity index (χ2n) is 13.9. The number of aliphatic hydroxyl groups is 14. The van der Waals surface area contributed by atoms with Gasteiger partial charge >= 0.3 is 0 Å². The summed E-state index contributed by atoms with van der Waals surface area (Å²) >= 11 is 0. The minimum absolute atomic E-state index is 0.284. The average Bonchev–Trinajstić information content (AvgIpc) is 4.04. The summed E-state index contributed by atoms with van der Waals surface area (Å²) in [4.78, 5) is 9.00. The number of rotatable bonds is 5. The van der Waals surface area contributed by atoms with Crippen molar-refractivity contribution in [3.63, 3.8) is 0 Å². The monoisotopic (exact) mass is 826 g/mol. The fourth-order valence-electron chi connectivity index (χ4n) is 6.51. The normalized spacial score (nSPS) is 43.2. The molecule has 0 bridgehead atoms. The van der Waals surface area contributed by atoms with Gasteiger partial charge < -0.3 is 114 Å². The minimum Gasteiger partial charge on any atom is -0.481 e. The Morgan fingerprint density at radius 1 is 0.411 bits per heavy atom. The molecule has 24 nitrogen and oxygen atoms in total. The molecule has 0 amide bonds. The summed E-state index contributed by atoms with van der Waals surface area (Å²) in [6.07, 6.45) is -13.2. The van der Waals surface area contributed by atoms with Crippen molar-refractivity contribution in [3.8, 4) is 0 Å². The lowest BCUT2D eigenvalue weighted by Gasteiger charge is -2.24. The zero-order valence-electron chi connectivity index (χ0n) is 30.5. The molecule has 8 aliphatic heterocycles. The van der Waals surface area contributed by atoms with Gasteiger partial charge in [-0.15, -0.1) is 0 Å². The second-order valence-corrected chi connectivity index (χ2v) is 13.9. The van der Waals surface area contributed by atoms with Crippen molar-refractivity contribution >= 4 is 5.97 Å². The molecule has 8 heterocycles. The van der Waals surface area contributed by atoms with Crippen LogP contribution in [0, 0.1) is 0 Å². The lowest BCUT2D eigenvalue weighted by Crippen LogP contribution is -2.46. The van der Waals surface area contributed by atoms with Crippen LogP contribution in [0.1, 0.15) is 6.92 Å². The molecular formula is C32H58O24. The number of carboxylic acids is 1. The molecule has 0 aliphatic carbocycles. The van der Waals surface area contributed by atoms with Crippen LogP contribution in [0.2, 0.25) is 0 Å². The highest BCUT2D eigenvalue weighted by Gasteiger charge is 2.49. The van der Waals surface area contributed by atoms with Crippen LogP contribution in [0.25, 0.3) is 0 Å². The van der Waals surface area contributed by atoms with Gasteiger partial charge in [-0.05, 0) is 0 Å². The summed E-state index contributed by atoms with van der Waals surface area (Å²) in [5, 5.41) is 133. The van der Waals surface area contributed by atoms with E-state index in [1.165, 1.54) is 0 Å². The molecule has 0 unspecified atom stereocenters. The smallest absolute Gasteiger partial charge is 0.300 e. The molecule has 8 rings (SSSR count). The van der Waals surface area contributed by atoms with Crippen LogP contribution in [0.15, 0.2) is 0 Å². The fourth-order valence-corrected chi connectivity index (χ4v) is 6.51. The number of fused-ring (bicyclic) bond motifs is 4. The third kappa shape index (κ3) is 13.3. The van der Waals surface area contributed by atoms with Gasteiger partial charge in [-0.25, -0.2) is 0 Å². The van der Waals surface area contributed by atoms with E-state index >= 15 is 0 Å². The van der Waals surface area contributed by atoms with Crippen molar-refractivity contribution in [1.29, 1.82) is 0 Å². The van der Waals surface area contributed by atoms with Gasteiger partial charge in [-0.2, -0.15) is 0 Å². The van der Waals surface area contributed by atoms with E-state index < -0.39 is 92.4 Å². The molecule has 0 aromatic rings. The Morgan fingerprint density at radius 3 is 0.643 bits per heavy atom. The predicted molar refractivity (Wildman–Crippen MR) is 177 cm³/mol. The average molecular weight is 827 g/mol. The van der Waals surface area contributed by atoms with Crippen molar-refractivity contribution in [2.75, 3.05) is 66.1 Å². The topological polar surface area (TPSA) is 394 Å². The standard InChI is InChI=1S/C6H14O6.4C6H10O4.C2H4O2/c7-1-3(9)5(11)6(12)4(10)2-8;4*7-3-1-9-6-4(8)2-10-5(3)6;1-2(3)4/h3-12H,1-2H2;4*3-8H,1-2H2;1H3,(H,3,4)/t5*3-,4+,5-,6-;/m11111./s1. The SMILES string of the molecule is CC(=O)O.OC[C@@H](O)[C@@H](O)[C@H](O)[C@@H](O)CO.O[C@@H]1CO[C@H]2[C@@H]1OC[C@@H]2O.O[C@@H]1CO[C@H]2[C@@H]1OC[C@@H]2O.O[C@@H]1CO[C@H]2[C@@H]1OC[C@@H]2O.O[C@@H]1CO[C@H]2[C@@H]1OC[C@@H]2O. The van der Waals surface area contributed by atoms with Gasteiger partial charge in [0.15, 0.2) is 0 Å². The molecule has 0 radical (unpaired) electrons. The highest BCUT2D eigenvalue weighted by Crippen LogP contribution is 2.29. The van der Waals surface area contributed by atoms with Gasteiger partial charge in [0.05, 0.1) is 66.1 Å². The number of carbonyl (C=O) groups is 1. The molecule has 20 atom stereocenters. The first-order valence-corrected chi connectivity index (χ1v) is 17.9. The minimum atomic E-state index is -1.67. The number of carboxylic acid groups (broad SMARTS) is 1. The number of aliphatic carboxylic acids is 1. The quantitative estimate of drug-likeness (QED) is 0.122. The maximum Gasteiger partial charge on any atom is 0.300 e. The molecule has 0 saturated carbocycles. The number of aliphatic hydroxyl groups excluding tert-OH is 14. The van der Waals surface area contributed by atoms with Gasteiger partial charge in [-0.1, -0.05) is 0 Å². The summed E-state index contributed by atoms with van der Waals surface area (Å²) in [6.45, 7) is 1.90. The molecule has 0 aromatic heterocycles. The largest absolute Gasteiger partial charge is 0.481 e. The Morgan fingerprint density at radius 2 is 0.536 bits per heavy atom. The van der Waals surface area contributed by atoms with E-state index in [1.807, 2.05) is 0 Å². The molecular weight excluding hydrogens is 768 g/mol. The maximum absolute atomic E-state index is 9.16. The van der Waals surface area contributed by atoms with Gasteiger partial charge in [0.25, 0.3) is 5.97 Å². The summed E-state index contributed by atoms with van der Waals surface area (Å²) in [6, 6.07) is 0. The summed E-state index contributed by atoms with van der Waals surface area (Å²) in [5.74, 6) is -0.833. The van der Waals surface area contributed by atoms with Gasteiger partial charge in [0, 0.05) is 6.92 Å². The molecule has 56 heavy (non-hydrogen) atoms. The Bertz CT molecular complexity index is 915. The Balaban J connectivity index is 0.000000183. The van der Waals surface area contributed by atoms with Crippen molar-refractivity contribution in [2.24, 2.45) is 0 Å². The van der Waals surface area contributed by atoms with E-state index in [0.29, 0.717) is 0 Å². The molecule has 8 fully saturated rings. The van der Waals surface area contributed by atoms with Crippen molar-refractivity contribution < 1.29 is 119 Å². The van der Waals surface area contributed by atoms with E-state index in [0.717, 1.165) is 6.92 Å². The fraction of sp³-hybridized carbons (Fsp3) is 0.969. The molecule has 15 N–H and O–H groups in total. The van der Waals surface area contributed by atoms with Crippen LogP contribution in [-0.4, -0.2) is 271 Å². The van der Waals surface area contributed by atoms with E-state index in [2.05, 4.69) is 0 Å². The van der Waals surface area contributed by atoms with E-state index in [-0.39, 0.29) is 102 Å². The van der Waals surface area contributed by atoms with Crippen LogP contribution in [-0.2, 0) is 42.7 Å². The zero-order chi connectivity index (χ0) is 41.9. The second kappa shape index (κ2) is 23.4. The summed E-state index contributed by atoms with van der Waals surface area (Å²) < 4.78 is 40.6. The Kier molecular flexibility index (Phi) is 20.5. The van der Waals surface area contributed by atoms with Crippen LogP contribution in [0.5, 0.6) is 0 Å². The molecule has 8 saturated heterocycles. The summed E-state index contributed by atoms with van der Waals surface area (Å²) in [7, 11) is 0. The first-order valence-electron chi connectivity index (χ1n) is 17.9. The number of hydrogen-bond donors (Lipinski definition) is 15. The molecule has 330 valence electrons. The highest BCUT2D eigenvalue weighted by molar-refractivity contribution is 5.62. The predicted octanol–water partition coefficient (Wildman–Crippen LogP) is -9.47.